The Kier molecular flexibility index (Phi) is 4.43. The maximum Gasteiger partial charge on any atom is 0.133 e. The molecule has 66 valence electrons. The zero-order valence-electron chi connectivity index (χ0n) is 6.21. The Morgan fingerprint density at radius 3 is 2.50 bits per heavy atom. The topological polar surface area (TPSA) is 9.23 Å². The molecule has 0 bridgehead atoms. The molecule has 5 heteroatoms. The molecule has 0 radical (unpaired) electrons. The van der Waals surface area contributed by atoms with Crippen molar-refractivity contribution in [1.29, 1.82) is 0 Å². The van der Waals surface area contributed by atoms with E-state index in [1.165, 1.54) is 0 Å². The summed E-state index contributed by atoms with van der Waals surface area (Å²) in [6.07, 6.45) is 0. The zero-order chi connectivity index (χ0) is 8.97. The molecule has 0 aromatic heterocycles. The standard InChI is InChI=1S/C7H6Cl2OS2/c1-10-6-3-2-5(11-8)4-7(6)12-9/h2-4H,1H3. The largest absolute Gasteiger partial charge is 0.496 e. The lowest BCUT2D eigenvalue weighted by Gasteiger charge is -2.04. The maximum absolute atomic E-state index is 5.62. The number of hydrogen-bond acceptors (Lipinski definition) is 3. The molecule has 0 N–H and O–H groups in total. The van der Waals surface area contributed by atoms with Crippen LogP contribution in [0.25, 0.3) is 0 Å². The first-order chi connectivity index (χ1) is 5.81. The van der Waals surface area contributed by atoms with Crippen LogP contribution < -0.4 is 4.74 Å². The Labute approximate surface area is 88.8 Å². The van der Waals surface area contributed by atoms with E-state index in [1.807, 2.05) is 18.2 Å². The van der Waals surface area contributed by atoms with Crippen molar-refractivity contribution in [2.45, 2.75) is 9.79 Å². The van der Waals surface area contributed by atoms with Gasteiger partial charge in [-0.3, -0.25) is 0 Å². The van der Waals surface area contributed by atoms with Crippen molar-refractivity contribution in [1.82, 2.24) is 0 Å². The molecule has 1 nitrogen and oxygen atoms in total. The molecule has 1 rings (SSSR count). The summed E-state index contributed by atoms with van der Waals surface area (Å²) in [7, 11) is 15.1. The molecule has 0 saturated carbocycles. The Morgan fingerprint density at radius 1 is 1.25 bits per heavy atom. The van der Waals surface area contributed by atoms with Crippen molar-refractivity contribution < 1.29 is 4.74 Å². The summed E-state index contributed by atoms with van der Waals surface area (Å²) >= 11 is 0. The molecule has 0 atom stereocenters. The first kappa shape index (κ1) is 10.4. The fourth-order valence-corrected chi connectivity index (χ4v) is 2.17. The van der Waals surface area contributed by atoms with Crippen LogP contribution in [0, 0.1) is 0 Å². The van der Waals surface area contributed by atoms with Gasteiger partial charge < -0.3 is 4.74 Å². The highest BCUT2D eigenvalue weighted by Crippen LogP contribution is 2.35. The van der Waals surface area contributed by atoms with E-state index in [9.17, 15) is 0 Å². The van der Waals surface area contributed by atoms with Crippen LogP contribution in [0.4, 0.5) is 0 Å². The van der Waals surface area contributed by atoms with Gasteiger partial charge in [-0.25, -0.2) is 0 Å². The highest BCUT2D eigenvalue weighted by atomic mass is 35.7. The summed E-state index contributed by atoms with van der Waals surface area (Å²) < 4.78 is 5.08. The third-order valence-electron chi connectivity index (χ3n) is 1.31. The number of rotatable bonds is 3. The molecule has 0 fully saturated rings. The molecule has 1 aromatic carbocycles. The predicted molar refractivity (Wildman–Crippen MR) is 56.4 cm³/mol. The highest BCUT2D eigenvalue weighted by Gasteiger charge is 2.03. The Morgan fingerprint density at radius 2 is 2.00 bits per heavy atom. The summed E-state index contributed by atoms with van der Waals surface area (Å²) in [4.78, 5) is 1.84. The fourth-order valence-electron chi connectivity index (χ4n) is 0.765. The normalized spacial score (nSPS) is 9.92. The van der Waals surface area contributed by atoms with Crippen LogP contribution in [0.2, 0.25) is 0 Å². The molecule has 12 heavy (non-hydrogen) atoms. The highest BCUT2D eigenvalue weighted by molar-refractivity contribution is 8.21. The first-order valence-corrected chi connectivity index (χ1v) is 6.35. The lowest BCUT2D eigenvalue weighted by molar-refractivity contribution is 0.404. The van der Waals surface area contributed by atoms with Gasteiger partial charge >= 0.3 is 0 Å². The van der Waals surface area contributed by atoms with Crippen LogP contribution in [0.5, 0.6) is 5.75 Å². The van der Waals surface area contributed by atoms with Gasteiger partial charge in [-0.05, 0) is 61.5 Å². The van der Waals surface area contributed by atoms with Gasteiger partial charge in [0.15, 0.2) is 0 Å². The van der Waals surface area contributed by atoms with E-state index in [0.717, 1.165) is 37.5 Å². The Balaban J connectivity index is 3.02. The van der Waals surface area contributed by atoms with Crippen molar-refractivity contribution in [2.75, 3.05) is 7.11 Å². The Bertz CT molecular complexity index is 268. The molecule has 0 aliphatic rings. The van der Waals surface area contributed by atoms with Gasteiger partial charge in [-0.1, -0.05) is 0 Å². The average molecular weight is 241 g/mol. The number of hydrogen-bond donors (Lipinski definition) is 0. The van der Waals surface area contributed by atoms with Crippen molar-refractivity contribution in [3.63, 3.8) is 0 Å². The SMILES string of the molecule is COc1ccc(SCl)cc1SCl. The lowest BCUT2D eigenvalue weighted by Crippen LogP contribution is -1.84. The van der Waals surface area contributed by atoms with Crippen LogP contribution in [0.1, 0.15) is 0 Å². The van der Waals surface area contributed by atoms with Crippen molar-refractivity contribution in [3.8, 4) is 5.75 Å². The molecule has 0 heterocycles. The summed E-state index contributed by atoms with van der Waals surface area (Å²) in [5, 5.41) is 0. The van der Waals surface area contributed by atoms with Gasteiger partial charge in [-0.2, -0.15) is 0 Å². The van der Waals surface area contributed by atoms with Gasteiger partial charge in [0.25, 0.3) is 0 Å². The van der Waals surface area contributed by atoms with Crippen LogP contribution >= 0.6 is 43.3 Å². The van der Waals surface area contributed by atoms with E-state index in [-0.39, 0.29) is 0 Å². The average Bonchev–Trinajstić information content (AvgIpc) is 2.16. The summed E-state index contributed by atoms with van der Waals surface area (Å²) in [6.45, 7) is 0. The summed E-state index contributed by atoms with van der Waals surface area (Å²) in [6, 6.07) is 5.61. The number of ether oxygens (including phenoxy) is 1. The van der Waals surface area contributed by atoms with E-state index in [0.29, 0.717) is 0 Å². The molecule has 0 aliphatic heterocycles. The Hall–Kier alpha value is 0.300. The molecular formula is C7H6Cl2OS2. The van der Waals surface area contributed by atoms with E-state index >= 15 is 0 Å². The molecule has 1 aromatic rings. The van der Waals surface area contributed by atoms with Gasteiger partial charge in [0.2, 0.25) is 0 Å². The van der Waals surface area contributed by atoms with E-state index in [1.54, 1.807) is 7.11 Å². The minimum Gasteiger partial charge on any atom is -0.496 e. The molecule has 0 aliphatic carbocycles. The van der Waals surface area contributed by atoms with Gasteiger partial charge in [0, 0.05) is 4.90 Å². The minimum atomic E-state index is 0.768. The maximum atomic E-state index is 5.62. The molecular weight excluding hydrogens is 235 g/mol. The van der Waals surface area contributed by atoms with E-state index in [4.69, 9.17) is 26.1 Å². The van der Waals surface area contributed by atoms with Crippen molar-refractivity contribution >= 4 is 43.3 Å². The van der Waals surface area contributed by atoms with Crippen molar-refractivity contribution in [3.05, 3.63) is 18.2 Å². The second-order valence-electron chi connectivity index (χ2n) is 1.97. The van der Waals surface area contributed by atoms with Gasteiger partial charge in [0.1, 0.15) is 5.75 Å². The molecule has 0 amide bonds. The summed E-state index contributed by atoms with van der Waals surface area (Å²) in [5.41, 5.74) is 0. The second kappa shape index (κ2) is 5.12. The van der Waals surface area contributed by atoms with Crippen LogP contribution in [0.15, 0.2) is 28.0 Å². The van der Waals surface area contributed by atoms with Crippen LogP contribution in [-0.4, -0.2) is 7.11 Å². The molecule has 0 saturated heterocycles. The lowest BCUT2D eigenvalue weighted by atomic mass is 10.3. The van der Waals surface area contributed by atoms with Crippen LogP contribution in [-0.2, 0) is 0 Å². The number of benzene rings is 1. The summed E-state index contributed by atoms with van der Waals surface area (Å²) in [5.74, 6) is 0.768. The van der Waals surface area contributed by atoms with Crippen LogP contribution in [0.3, 0.4) is 0 Å². The van der Waals surface area contributed by atoms with Gasteiger partial charge in [-0.15, -0.1) is 0 Å². The quantitative estimate of drug-likeness (QED) is 0.785. The smallest absolute Gasteiger partial charge is 0.133 e. The zero-order valence-corrected chi connectivity index (χ0v) is 9.36. The monoisotopic (exact) mass is 240 g/mol. The molecule has 0 unspecified atom stereocenters. The fraction of sp³-hybridized carbons (Fsp3) is 0.143. The third-order valence-corrected chi connectivity index (χ3v) is 3.26. The molecule has 0 spiro atoms. The van der Waals surface area contributed by atoms with E-state index < -0.39 is 0 Å². The predicted octanol–water partition coefficient (Wildman–Crippen LogP) is 4.19. The van der Waals surface area contributed by atoms with Crippen molar-refractivity contribution in [2.24, 2.45) is 0 Å². The first-order valence-electron chi connectivity index (χ1n) is 3.07. The van der Waals surface area contributed by atoms with Gasteiger partial charge in [0.05, 0.1) is 12.0 Å². The third kappa shape index (κ3) is 2.39. The van der Waals surface area contributed by atoms with E-state index in [2.05, 4.69) is 0 Å². The number of methoxy groups -OCH3 is 1. The second-order valence-corrected chi connectivity index (χ2v) is 4.11. The number of halogens is 2. The minimum absolute atomic E-state index is 0.768.